The predicted octanol–water partition coefficient (Wildman–Crippen LogP) is 4.39. The third kappa shape index (κ3) is 7.10. The number of rotatable bonds is 10. The summed E-state index contributed by atoms with van der Waals surface area (Å²) in [6.45, 7) is 4.68. The number of amides is 1. The van der Waals surface area contributed by atoms with Crippen LogP contribution in [0.25, 0.3) is 6.08 Å². The molecule has 36 heavy (non-hydrogen) atoms. The maximum Gasteiger partial charge on any atom is 0.328 e. The molecule has 2 aromatic rings. The van der Waals surface area contributed by atoms with Crippen molar-refractivity contribution in [2.24, 2.45) is 0 Å². The number of ether oxygens (including phenoxy) is 1. The lowest BCUT2D eigenvalue weighted by atomic mass is 10.1. The highest BCUT2D eigenvalue weighted by molar-refractivity contribution is 5.94. The number of nitrogens with zero attached hydrogens (tertiary/aromatic N) is 3. The van der Waals surface area contributed by atoms with Crippen molar-refractivity contribution >= 4 is 23.6 Å². The van der Waals surface area contributed by atoms with Crippen LogP contribution in [0.15, 0.2) is 54.6 Å². The molecule has 1 N–H and O–H groups in total. The third-order valence-corrected chi connectivity index (χ3v) is 7.22. The molecule has 1 heterocycles. The highest BCUT2D eigenvalue weighted by atomic mass is 16.5. The third-order valence-electron chi connectivity index (χ3n) is 7.22. The van der Waals surface area contributed by atoms with Crippen LogP contribution in [0.3, 0.4) is 0 Å². The number of carbonyl (C=O) groups excluding carboxylic acids is 1. The highest BCUT2D eigenvalue weighted by Gasteiger charge is 2.22. The quantitative estimate of drug-likeness (QED) is 0.393. The molecule has 1 amide bonds. The second kappa shape index (κ2) is 12.6. The molecular weight excluding hydrogens is 454 g/mol. The van der Waals surface area contributed by atoms with Crippen LogP contribution in [0, 0.1) is 0 Å². The van der Waals surface area contributed by atoms with E-state index in [4.69, 9.17) is 9.84 Å². The van der Waals surface area contributed by atoms with Gasteiger partial charge < -0.3 is 24.5 Å². The molecule has 7 heteroatoms. The van der Waals surface area contributed by atoms with Gasteiger partial charge in [-0.3, -0.25) is 4.79 Å². The second-order valence-corrected chi connectivity index (χ2v) is 9.69. The Morgan fingerprint density at radius 2 is 1.67 bits per heavy atom. The number of carbonyl (C=O) groups is 2. The van der Waals surface area contributed by atoms with Crippen LogP contribution >= 0.6 is 0 Å². The van der Waals surface area contributed by atoms with E-state index in [1.54, 1.807) is 24.3 Å². The first kappa shape index (κ1) is 25.8. The van der Waals surface area contributed by atoms with Gasteiger partial charge in [0.25, 0.3) is 5.91 Å². The molecule has 0 radical (unpaired) electrons. The van der Waals surface area contributed by atoms with Crippen molar-refractivity contribution in [2.45, 2.75) is 38.1 Å². The summed E-state index contributed by atoms with van der Waals surface area (Å²) >= 11 is 0. The molecule has 1 aliphatic carbocycles. The second-order valence-electron chi connectivity index (χ2n) is 9.69. The monoisotopic (exact) mass is 491 g/mol. The molecule has 192 valence electrons. The molecule has 2 aliphatic rings. The molecule has 0 atom stereocenters. The van der Waals surface area contributed by atoms with Crippen LogP contribution < -0.4 is 9.64 Å². The van der Waals surface area contributed by atoms with Crippen LogP contribution in [-0.4, -0.2) is 79.2 Å². The van der Waals surface area contributed by atoms with Gasteiger partial charge in [-0.25, -0.2) is 4.79 Å². The van der Waals surface area contributed by atoms with Crippen molar-refractivity contribution in [2.75, 3.05) is 51.3 Å². The van der Waals surface area contributed by atoms with Gasteiger partial charge in [-0.15, -0.1) is 0 Å². The van der Waals surface area contributed by atoms with E-state index in [0.717, 1.165) is 61.8 Å². The molecule has 0 spiro atoms. The van der Waals surface area contributed by atoms with Crippen LogP contribution in [0.1, 0.15) is 48.0 Å². The number of piperazine rings is 1. The van der Waals surface area contributed by atoms with E-state index in [0.29, 0.717) is 18.7 Å². The minimum atomic E-state index is -0.993. The number of carboxylic acid groups (broad SMARTS) is 1. The van der Waals surface area contributed by atoms with Crippen molar-refractivity contribution in [1.29, 1.82) is 0 Å². The molecule has 7 nitrogen and oxygen atoms in total. The predicted molar refractivity (Wildman–Crippen MR) is 143 cm³/mol. The van der Waals surface area contributed by atoms with Gasteiger partial charge in [0.2, 0.25) is 0 Å². The van der Waals surface area contributed by atoms with Crippen LogP contribution in [-0.2, 0) is 4.79 Å². The summed E-state index contributed by atoms with van der Waals surface area (Å²) in [5, 5.41) is 8.74. The van der Waals surface area contributed by atoms with Crippen LogP contribution in [0.5, 0.6) is 5.75 Å². The van der Waals surface area contributed by atoms with Gasteiger partial charge in [0, 0.05) is 56.1 Å². The van der Waals surface area contributed by atoms with Gasteiger partial charge in [-0.2, -0.15) is 0 Å². The van der Waals surface area contributed by atoms with E-state index in [1.807, 2.05) is 17.0 Å². The topological polar surface area (TPSA) is 73.3 Å². The van der Waals surface area contributed by atoms with Gasteiger partial charge in [0.1, 0.15) is 5.75 Å². The first-order valence-electron chi connectivity index (χ1n) is 13.0. The van der Waals surface area contributed by atoms with Crippen molar-refractivity contribution in [1.82, 2.24) is 9.80 Å². The van der Waals surface area contributed by atoms with Crippen molar-refractivity contribution in [3.63, 3.8) is 0 Å². The lowest BCUT2D eigenvalue weighted by molar-refractivity contribution is -0.131. The summed E-state index contributed by atoms with van der Waals surface area (Å²) in [6.07, 6.45) is 9.04. The number of aliphatic carboxylic acids is 1. The summed E-state index contributed by atoms with van der Waals surface area (Å²) in [4.78, 5) is 30.2. The van der Waals surface area contributed by atoms with Gasteiger partial charge in [0.05, 0.1) is 6.61 Å². The zero-order valence-electron chi connectivity index (χ0n) is 21.1. The molecule has 0 unspecified atom stereocenters. The van der Waals surface area contributed by atoms with E-state index in [9.17, 15) is 9.59 Å². The molecule has 1 saturated carbocycles. The Hall–Kier alpha value is -3.32. The number of hydrogen-bond acceptors (Lipinski definition) is 5. The van der Waals surface area contributed by atoms with Gasteiger partial charge in [0.15, 0.2) is 0 Å². The van der Waals surface area contributed by atoms with E-state index in [2.05, 4.69) is 29.0 Å². The average molecular weight is 492 g/mol. The van der Waals surface area contributed by atoms with Crippen molar-refractivity contribution < 1.29 is 19.4 Å². The average Bonchev–Trinajstić information content (AvgIpc) is 3.46. The maximum atomic E-state index is 12.9. The Balaban J connectivity index is 1.19. The fourth-order valence-electron chi connectivity index (χ4n) is 5.04. The number of benzene rings is 2. The smallest absolute Gasteiger partial charge is 0.328 e. The maximum absolute atomic E-state index is 12.9. The normalized spacial score (nSPS) is 16.7. The molecule has 1 aliphatic heterocycles. The summed E-state index contributed by atoms with van der Waals surface area (Å²) < 4.78 is 5.96. The summed E-state index contributed by atoms with van der Waals surface area (Å²) in [5.74, 6) is -0.0866. The van der Waals surface area contributed by atoms with Gasteiger partial charge >= 0.3 is 5.97 Å². The summed E-state index contributed by atoms with van der Waals surface area (Å²) in [7, 11) is 2.23. The molecule has 0 bridgehead atoms. The molecule has 0 aromatic heterocycles. The van der Waals surface area contributed by atoms with E-state index < -0.39 is 5.97 Å². The lowest BCUT2D eigenvalue weighted by Crippen LogP contribution is -2.48. The highest BCUT2D eigenvalue weighted by Crippen LogP contribution is 2.23. The Kier molecular flexibility index (Phi) is 9.01. The van der Waals surface area contributed by atoms with Gasteiger partial charge in [-0.05, 0) is 74.3 Å². The molecule has 2 fully saturated rings. The minimum absolute atomic E-state index is 0.00531. The SMILES string of the molecule is CN(CCCOc1ccc(N2CCN(C(=O)c3ccc(/C=C/C(=O)O)cc3)CC2)cc1)C1CCCC1. The number of anilines is 1. The first-order valence-corrected chi connectivity index (χ1v) is 13.0. The molecule has 1 saturated heterocycles. The lowest BCUT2D eigenvalue weighted by Gasteiger charge is -2.36. The zero-order valence-corrected chi connectivity index (χ0v) is 21.1. The molecular formula is C29H37N3O4. The molecule has 2 aromatic carbocycles. The standard InChI is InChI=1S/C29H37N3O4/c1-30(25-5-2-3-6-25)17-4-22-36-27-14-12-26(13-15-27)31-18-20-32(21-19-31)29(35)24-10-7-23(8-11-24)9-16-28(33)34/h7-16,25H,2-6,17-22H2,1H3,(H,33,34)/b16-9+. The van der Waals surface area contributed by atoms with Gasteiger partial charge in [-0.1, -0.05) is 25.0 Å². The van der Waals surface area contributed by atoms with Crippen molar-refractivity contribution in [3.8, 4) is 5.75 Å². The summed E-state index contributed by atoms with van der Waals surface area (Å²) in [6, 6.07) is 16.1. The Morgan fingerprint density at radius 3 is 2.31 bits per heavy atom. The minimum Gasteiger partial charge on any atom is -0.494 e. The Labute approximate surface area is 214 Å². The number of hydrogen-bond donors (Lipinski definition) is 1. The number of carboxylic acids is 1. The van der Waals surface area contributed by atoms with Crippen LogP contribution in [0.2, 0.25) is 0 Å². The van der Waals surface area contributed by atoms with E-state index >= 15 is 0 Å². The Bertz CT molecular complexity index is 1020. The Morgan fingerprint density at radius 1 is 1.00 bits per heavy atom. The molecule has 4 rings (SSSR count). The zero-order chi connectivity index (χ0) is 25.3. The fourth-order valence-corrected chi connectivity index (χ4v) is 5.04. The van der Waals surface area contributed by atoms with E-state index in [-0.39, 0.29) is 5.91 Å². The fraction of sp³-hybridized carbons (Fsp3) is 0.448. The summed E-state index contributed by atoms with van der Waals surface area (Å²) in [5.41, 5.74) is 2.51. The van der Waals surface area contributed by atoms with Crippen molar-refractivity contribution in [3.05, 3.63) is 65.7 Å². The largest absolute Gasteiger partial charge is 0.494 e. The first-order chi connectivity index (χ1) is 17.5. The van der Waals surface area contributed by atoms with E-state index in [1.165, 1.54) is 31.8 Å². The van der Waals surface area contributed by atoms with Crippen LogP contribution in [0.4, 0.5) is 5.69 Å².